The molecule has 0 amide bonds. The Bertz CT molecular complexity index is 293. The van der Waals surface area contributed by atoms with Crippen molar-refractivity contribution in [3.05, 3.63) is 35.4 Å². The summed E-state index contributed by atoms with van der Waals surface area (Å²) in [6, 6.07) is 8.77. The van der Waals surface area contributed by atoms with Crippen molar-refractivity contribution in [3.8, 4) is 0 Å². The molecule has 1 aromatic carbocycles. The largest absolute Gasteiger partial charge is 0.321 e. The van der Waals surface area contributed by atoms with Crippen LogP contribution in [0.25, 0.3) is 0 Å². The monoisotopic (exact) mass is 175 g/mol. The molecule has 0 radical (unpaired) electrons. The van der Waals surface area contributed by atoms with Crippen LogP contribution in [0.15, 0.2) is 24.3 Å². The minimum atomic E-state index is 0.0233. The first-order chi connectivity index (χ1) is 6.12. The summed E-state index contributed by atoms with van der Waals surface area (Å²) < 4.78 is 0. The predicted molar refractivity (Wildman–Crippen MR) is 55.6 cm³/mol. The standard InChI is InChI=1S/C12H17N/c1-9(2)10-3-5-11(6-4-10)12(13)7-8-12/h3-6,9H,7-8,13H2,1-2H3. The van der Waals surface area contributed by atoms with Gasteiger partial charge in [0.05, 0.1) is 0 Å². The maximum atomic E-state index is 6.09. The SMILES string of the molecule is CC(C)c1ccc(C2(N)CC2)cc1. The highest BCUT2D eigenvalue weighted by Crippen LogP contribution is 2.42. The van der Waals surface area contributed by atoms with Gasteiger partial charge in [-0.1, -0.05) is 38.1 Å². The Morgan fingerprint density at radius 2 is 1.69 bits per heavy atom. The van der Waals surface area contributed by atoms with Crippen LogP contribution in [0.3, 0.4) is 0 Å². The van der Waals surface area contributed by atoms with Gasteiger partial charge in [0.15, 0.2) is 0 Å². The van der Waals surface area contributed by atoms with Gasteiger partial charge in [-0.15, -0.1) is 0 Å². The van der Waals surface area contributed by atoms with Crippen molar-refractivity contribution in [3.63, 3.8) is 0 Å². The molecule has 0 bridgehead atoms. The average molecular weight is 175 g/mol. The second-order valence-electron chi connectivity index (χ2n) is 4.43. The fourth-order valence-electron chi connectivity index (χ4n) is 1.62. The van der Waals surface area contributed by atoms with Crippen LogP contribution in [0.2, 0.25) is 0 Å². The van der Waals surface area contributed by atoms with E-state index in [1.165, 1.54) is 11.1 Å². The molecule has 1 heteroatoms. The molecule has 0 spiro atoms. The van der Waals surface area contributed by atoms with Crippen molar-refractivity contribution in [1.82, 2.24) is 0 Å². The minimum absolute atomic E-state index is 0.0233. The van der Waals surface area contributed by atoms with E-state index in [1.807, 2.05) is 0 Å². The van der Waals surface area contributed by atoms with E-state index in [0.717, 1.165) is 12.8 Å². The van der Waals surface area contributed by atoms with Crippen LogP contribution in [0.4, 0.5) is 0 Å². The van der Waals surface area contributed by atoms with E-state index in [2.05, 4.69) is 38.1 Å². The lowest BCUT2D eigenvalue weighted by atomic mass is 9.98. The first-order valence-corrected chi connectivity index (χ1v) is 5.01. The lowest BCUT2D eigenvalue weighted by Crippen LogP contribution is -2.18. The summed E-state index contributed by atoms with van der Waals surface area (Å²) in [4.78, 5) is 0. The van der Waals surface area contributed by atoms with E-state index in [4.69, 9.17) is 5.73 Å². The molecule has 1 aromatic rings. The molecule has 0 aliphatic heterocycles. The van der Waals surface area contributed by atoms with E-state index in [9.17, 15) is 0 Å². The lowest BCUT2D eigenvalue weighted by Gasteiger charge is -2.11. The van der Waals surface area contributed by atoms with Gasteiger partial charge in [0.1, 0.15) is 0 Å². The van der Waals surface area contributed by atoms with Gasteiger partial charge in [-0.3, -0.25) is 0 Å². The number of benzene rings is 1. The quantitative estimate of drug-likeness (QED) is 0.735. The van der Waals surface area contributed by atoms with Gasteiger partial charge in [0.25, 0.3) is 0 Å². The van der Waals surface area contributed by atoms with Crippen molar-refractivity contribution < 1.29 is 0 Å². The maximum absolute atomic E-state index is 6.09. The molecule has 13 heavy (non-hydrogen) atoms. The molecular weight excluding hydrogens is 158 g/mol. The number of hydrogen-bond donors (Lipinski definition) is 1. The second kappa shape index (κ2) is 2.85. The number of nitrogens with two attached hydrogens (primary N) is 1. The van der Waals surface area contributed by atoms with Gasteiger partial charge in [-0.25, -0.2) is 0 Å². The Balaban J connectivity index is 2.24. The molecule has 1 saturated carbocycles. The average Bonchev–Trinajstić information content (AvgIpc) is 2.85. The Kier molecular flexibility index (Phi) is 1.92. The number of rotatable bonds is 2. The van der Waals surface area contributed by atoms with Crippen LogP contribution in [0.1, 0.15) is 43.7 Å². The third-order valence-corrected chi connectivity index (χ3v) is 2.94. The van der Waals surface area contributed by atoms with Crippen LogP contribution in [0, 0.1) is 0 Å². The highest BCUT2D eigenvalue weighted by molar-refractivity contribution is 5.33. The molecule has 1 aliphatic rings. The summed E-state index contributed by atoms with van der Waals surface area (Å²) in [5.74, 6) is 0.613. The summed E-state index contributed by atoms with van der Waals surface area (Å²) in [5.41, 5.74) is 8.82. The van der Waals surface area contributed by atoms with Crippen molar-refractivity contribution in [2.24, 2.45) is 5.73 Å². The molecule has 1 aliphatic carbocycles. The fraction of sp³-hybridized carbons (Fsp3) is 0.500. The van der Waals surface area contributed by atoms with Gasteiger partial charge in [0, 0.05) is 5.54 Å². The molecule has 0 atom stereocenters. The third-order valence-electron chi connectivity index (χ3n) is 2.94. The normalized spacial score (nSPS) is 19.1. The summed E-state index contributed by atoms with van der Waals surface area (Å²) in [5, 5.41) is 0. The Morgan fingerprint density at radius 1 is 1.15 bits per heavy atom. The topological polar surface area (TPSA) is 26.0 Å². The van der Waals surface area contributed by atoms with E-state index >= 15 is 0 Å². The predicted octanol–water partition coefficient (Wildman–Crippen LogP) is 2.76. The molecule has 0 aromatic heterocycles. The van der Waals surface area contributed by atoms with Crippen molar-refractivity contribution in [2.45, 2.75) is 38.1 Å². The van der Waals surface area contributed by atoms with Gasteiger partial charge in [-0.2, -0.15) is 0 Å². The zero-order valence-electron chi connectivity index (χ0n) is 8.38. The van der Waals surface area contributed by atoms with Crippen LogP contribution in [0.5, 0.6) is 0 Å². The molecule has 0 unspecified atom stereocenters. The molecule has 2 rings (SSSR count). The van der Waals surface area contributed by atoms with Gasteiger partial charge < -0.3 is 5.73 Å². The Morgan fingerprint density at radius 3 is 2.08 bits per heavy atom. The van der Waals surface area contributed by atoms with Crippen LogP contribution in [-0.2, 0) is 5.54 Å². The molecule has 2 N–H and O–H groups in total. The highest BCUT2D eigenvalue weighted by atomic mass is 14.8. The van der Waals surface area contributed by atoms with Crippen LogP contribution in [-0.4, -0.2) is 0 Å². The smallest absolute Gasteiger partial charge is 0.0411 e. The zero-order valence-corrected chi connectivity index (χ0v) is 8.38. The van der Waals surface area contributed by atoms with Gasteiger partial charge in [-0.05, 0) is 29.9 Å². The van der Waals surface area contributed by atoms with Gasteiger partial charge >= 0.3 is 0 Å². The van der Waals surface area contributed by atoms with Gasteiger partial charge in [0.2, 0.25) is 0 Å². The summed E-state index contributed by atoms with van der Waals surface area (Å²) in [7, 11) is 0. The summed E-state index contributed by atoms with van der Waals surface area (Å²) in [6.07, 6.45) is 2.29. The van der Waals surface area contributed by atoms with Crippen LogP contribution < -0.4 is 5.73 Å². The van der Waals surface area contributed by atoms with E-state index in [0.29, 0.717) is 5.92 Å². The molecule has 0 heterocycles. The highest BCUT2D eigenvalue weighted by Gasteiger charge is 2.39. The lowest BCUT2D eigenvalue weighted by molar-refractivity contribution is 0.738. The first kappa shape index (κ1) is 8.76. The van der Waals surface area contributed by atoms with E-state index < -0.39 is 0 Å². The Labute approximate surface area is 80.0 Å². The summed E-state index contributed by atoms with van der Waals surface area (Å²) in [6.45, 7) is 4.43. The molecule has 1 nitrogen and oxygen atoms in total. The van der Waals surface area contributed by atoms with Crippen LogP contribution >= 0.6 is 0 Å². The second-order valence-corrected chi connectivity index (χ2v) is 4.43. The third kappa shape index (κ3) is 1.61. The van der Waals surface area contributed by atoms with E-state index in [-0.39, 0.29) is 5.54 Å². The minimum Gasteiger partial charge on any atom is -0.321 e. The fourth-order valence-corrected chi connectivity index (χ4v) is 1.62. The summed E-state index contributed by atoms with van der Waals surface area (Å²) >= 11 is 0. The van der Waals surface area contributed by atoms with E-state index in [1.54, 1.807) is 0 Å². The Hall–Kier alpha value is -0.820. The molecular formula is C12H17N. The zero-order chi connectivity index (χ0) is 9.47. The van der Waals surface area contributed by atoms with Crippen molar-refractivity contribution in [1.29, 1.82) is 0 Å². The van der Waals surface area contributed by atoms with Crippen molar-refractivity contribution in [2.75, 3.05) is 0 Å². The molecule has 0 saturated heterocycles. The molecule has 1 fully saturated rings. The van der Waals surface area contributed by atoms with Crippen molar-refractivity contribution >= 4 is 0 Å². The molecule has 70 valence electrons. The number of hydrogen-bond acceptors (Lipinski definition) is 1. The first-order valence-electron chi connectivity index (χ1n) is 5.01. The maximum Gasteiger partial charge on any atom is 0.0411 e.